The fourth-order valence-corrected chi connectivity index (χ4v) is 5.04. The predicted octanol–water partition coefficient (Wildman–Crippen LogP) is 3.06. The van der Waals surface area contributed by atoms with Crippen molar-refractivity contribution in [2.24, 2.45) is 0 Å². The number of hydrogen-bond acceptors (Lipinski definition) is 3. The largest absolute Gasteiger partial charge is 0.339 e. The van der Waals surface area contributed by atoms with Gasteiger partial charge in [0.05, 0.1) is 0 Å². The lowest BCUT2D eigenvalue weighted by atomic mass is 10.1. The highest BCUT2D eigenvalue weighted by atomic mass is 32.2. The van der Waals surface area contributed by atoms with Crippen LogP contribution in [0.3, 0.4) is 0 Å². The zero-order valence-corrected chi connectivity index (χ0v) is 14.8. The lowest BCUT2D eigenvalue weighted by Gasteiger charge is -2.26. The maximum atomic E-state index is 12.4. The maximum Gasteiger partial charge on any atom is 0.222 e. The summed E-state index contributed by atoms with van der Waals surface area (Å²) in [6.07, 6.45) is 3.35. The van der Waals surface area contributed by atoms with E-state index < -0.39 is 10.8 Å². The summed E-state index contributed by atoms with van der Waals surface area (Å²) < 4.78 is 11.6. The Morgan fingerprint density at radius 1 is 1.43 bits per heavy atom. The molecule has 1 aromatic heterocycles. The Bertz CT molecular complexity index is 524. The van der Waals surface area contributed by atoms with Crippen LogP contribution >= 0.6 is 11.3 Å². The first kappa shape index (κ1) is 16.7. The van der Waals surface area contributed by atoms with E-state index in [0.29, 0.717) is 18.7 Å². The van der Waals surface area contributed by atoms with Crippen LogP contribution < -0.4 is 0 Å². The van der Waals surface area contributed by atoms with Gasteiger partial charge in [-0.3, -0.25) is 9.00 Å². The van der Waals surface area contributed by atoms with Gasteiger partial charge in [-0.2, -0.15) is 0 Å². The van der Waals surface area contributed by atoms with E-state index >= 15 is 0 Å². The van der Waals surface area contributed by atoms with E-state index in [9.17, 15) is 9.00 Å². The smallest absolute Gasteiger partial charge is 0.222 e. The summed E-state index contributed by atoms with van der Waals surface area (Å²) in [5.74, 6) is 1.60. The first-order valence-corrected chi connectivity index (χ1v) is 9.98. The molecule has 1 aromatic rings. The van der Waals surface area contributed by atoms with E-state index in [4.69, 9.17) is 0 Å². The van der Waals surface area contributed by atoms with Crippen molar-refractivity contribution < 1.29 is 9.00 Å². The molecule has 0 N–H and O–H groups in total. The van der Waals surface area contributed by atoms with Gasteiger partial charge in [-0.1, -0.05) is 0 Å². The summed E-state index contributed by atoms with van der Waals surface area (Å²) in [6.45, 7) is 7.02. The molecule has 1 aliphatic rings. The van der Waals surface area contributed by atoms with Crippen LogP contribution in [0.15, 0.2) is 6.07 Å². The Morgan fingerprint density at radius 2 is 2.19 bits per heavy atom. The minimum atomic E-state index is -0.744. The second kappa shape index (κ2) is 7.54. The van der Waals surface area contributed by atoms with Gasteiger partial charge in [-0.15, -0.1) is 11.3 Å². The molecule has 5 heteroatoms. The molecular formula is C16H25NO2S2. The molecular weight excluding hydrogens is 302 g/mol. The standard InChI is InChI=1S/C16H25NO2S2/c1-12-7-9-21(19)10-8-17(12)16(18)6-4-5-15-11-13(2)20-14(15)3/h11-12H,4-10H2,1-3H3. The van der Waals surface area contributed by atoms with Gasteiger partial charge >= 0.3 is 0 Å². The number of carbonyl (C=O) groups is 1. The molecule has 2 rings (SSSR count). The molecule has 118 valence electrons. The van der Waals surface area contributed by atoms with E-state index in [1.165, 1.54) is 15.3 Å². The summed E-state index contributed by atoms with van der Waals surface area (Å²) in [7, 11) is -0.744. The number of rotatable bonds is 4. The quantitative estimate of drug-likeness (QED) is 0.852. The molecule has 3 nitrogen and oxygen atoms in total. The molecule has 0 aliphatic carbocycles. The molecule has 1 aliphatic heterocycles. The third-order valence-electron chi connectivity index (χ3n) is 4.16. The average Bonchev–Trinajstić information content (AvgIpc) is 2.64. The number of thiophene rings is 1. The van der Waals surface area contributed by atoms with E-state index in [2.05, 4.69) is 26.8 Å². The third kappa shape index (κ3) is 4.65. The van der Waals surface area contributed by atoms with Crippen LogP contribution in [-0.4, -0.2) is 39.1 Å². The molecule has 21 heavy (non-hydrogen) atoms. The van der Waals surface area contributed by atoms with Crippen molar-refractivity contribution in [3.63, 3.8) is 0 Å². The highest BCUT2D eigenvalue weighted by Gasteiger charge is 2.23. The van der Waals surface area contributed by atoms with Crippen LogP contribution in [0.2, 0.25) is 0 Å². The van der Waals surface area contributed by atoms with Crippen molar-refractivity contribution in [2.45, 2.75) is 52.5 Å². The van der Waals surface area contributed by atoms with Gasteiger partial charge in [0.1, 0.15) is 0 Å². The molecule has 0 radical (unpaired) electrons. The number of hydrogen-bond donors (Lipinski definition) is 0. The van der Waals surface area contributed by atoms with Gasteiger partial charge in [0.25, 0.3) is 0 Å². The predicted molar refractivity (Wildman–Crippen MR) is 90.4 cm³/mol. The normalized spacial score (nSPS) is 23.1. The van der Waals surface area contributed by atoms with Crippen molar-refractivity contribution in [3.8, 4) is 0 Å². The lowest BCUT2D eigenvalue weighted by Crippen LogP contribution is -2.39. The molecule has 0 aromatic carbocycles. The summed E-state index contributed by atoms with van der Waals surface area (Å²) in [6, 6.07) is 2.47. The Balaban J connectivity index is 1.83. The van der Waals surface area contributed by atoms with Gasteiger partial charge in [0.15, 0.2) is 0 Å². The fourth-order valence-electron chi connectivity index (χ4n) is 2.86. The number of aryl methyl sites for hydroxylation is 3. The van der Waals surface area contributed by atoms with Crippen LogP contribution in [0.25, 0.3) is 0 Å². The van der Waals surface area contributed by atoms with Crippen molar-refractivity contribution in [2.75, 3.05) is 18.1 Å². The maximum absolute atomic E-state index is 12.4. The Kier molecular flexibility index (Phi) is 5.99. The summed E-state index contributed by atoms with van der Waals surface area (Å²) in [4.78, 5) is 17.0. The molecule has 2 unspecified atom stereocenters. The molecule has 1 fully saturated rings. The number of carbonyl (C=O) groups excluding carboxylic acids is 1. The summed E-state index contributed by atoms with van der Waals surface area (Å²) in [5.41, 5.74) is 1.38. The number of amides is 1. The minimum absolute atomic E-state index is 0.228. The van der Waals surface area contributed by atoms with Gasteiger partial charge in [0, 0.05) is 51.1 Å². The van der Waals surface area contributed by atoms with Crippen LogP contribution in [0.4, 0.5) is 0 Å². The van der Waals surface area contributed by atoms with E-state index in [1.807, 2.05) is 16.2 Å². The topological polar surface area (TPSA) is 37.4 Å². The second-order valence-corrected chi connectivity index (χ2v) is 9.02. The van der Waals surface area contributed by atoms with Crippen LogP contribution in [-0.2, 0) is 22.0 Å². The first-order valence-electron chi connectivity index (χ1n) is 7.67. The van der Waals surface area contributed by atoms with Crippen molar-refractivity contribution in [1.29, 1.82) is 0 Å². The summed E-state index contributed by atoms with van der Waals surface area (Å²) >= 11 is 1.83. The van der Waals surface area contributed by atoms with E-state index in [-0.39, 0.29) is 11.9 Å². The lowest BCUT2D eigenvalue weighted by molar-refractivity contribution is -0.132. The molecule has 2 heterocycles. The Labute approximate surface area is 134 Å². The number of nitrogens with zero attached hydrogens (tertiary/aromatic N) is 1. The molecule has 1 saturated heterocycles. The van der Waals surface area contributed by atoms with Crippen molar-refractivity contribution in [3.05, 3.63) is 21.4 Å². The van der Waals surface area contributed by atoms with Gasteiger partial charge in [-0.25, -0.2) is 0 Å². The average molecular weight is 328 g/mol. The molecule has 2 atom stereocenters. The van der Waals surface area contributed by atoms with E-state index in [0.717, 1.165) is 25.0 Å². The monoisotopic (exact) mass is 327 g/mol. The minimum Gasteiger partial charge on any atom is -0.339 e. The van der Waals surface area contributed by atoms with E-state index in [1.54, 1.807) is 0 Å². The highest BCUT2D eigenvalue weighted by molar-refractivity contribution is 7.85. The zero-order valence-electron chi connectivity index (χ0n) is 13.2. The second-order valence-electron chi connectivity index (χ2n) is 5.86. The van der Waals surface area contributed by atoms with Crippen molar-refractivity contribution in [1.82, 2.24) is 4.90 Å². The van der Waals surface area contributed by atoms with Gasteiger partial charge in [0.2, 0.25) is 5.91 Å². The third-order valence-corrected chi connectivity index (χ3v) is 6.49. The Hall–Kier alpha value is -0.680. The van der Waals surface area contributed by atoms with Gasteiger partial charge in [-0.05, 0) is 51.7 Å². The summed E-state index contributed by atoms with van der Waals surface area (Å²) in [5, 5.41) is 0. The molecule has 0 saturated carbocycles. The van der Waals surface area contributed by atoms with Crippen LogP contribution in [0.5, 0.6) is 0 Å². The molecule has 1 amide bonds. The SMILES string of the molecule is Cc1cc(CCCC(=O)N2CCS(=O)CCC2C)c(C)s1. The zero-order chi connectivity index (χ0) is 15.4. The fraction of sp³-hybridized carbons (Fsp3) is 0.688. The first-order chi connectivity index (χ1) is 9.97. The van der Waals surface area contributed by atoms with Gasteiger partial charge < -0.3 is 4.90 Å². The molecule has 0 bridgehead atoms. The highest BCUT2D eigenvalue weighted by Crippen LogP contribution is 2.22. The van der Waals surface area contributed by atoms with Crippen LogP contribution in [0.1, 0.15) is 41.5 Å². The molecule has 0 spiro atoms. The van der Waals surface area contributed by atoms with Crippen LogP contribution in [0, 0.1) is 13.8 Å². The van der Waals surface area contributed by atoms with Crippen molar-refractivity contribution >= 4 is 28.0 Å². The Morgan fingerprint density at radius 3 is 2.86 bits per heavy atom.